The number of fused-ring (bicyclic) bond motifs is 3. The lowest BCUT2D eigenvalue weighted by Gasteiger charge is -2.32. The number of hydrogen-bond acceptors (Lipinski definition) is 1. The molecular formula is C35H60O. The molecule has 0 radical (unpaired) electrons. The standard InChI is InChI=1S/C15H28.C10H16O.C10H16/c1-12(2)15-10-8-13(3)6-5-7-14(4)9-11-15;1-9(2)7-4-5-10(9,3)8(11)6-7;1-7(2)10-5-4-8(3)9(10)6-10/h5-6,12-15H,7-11H2,1-4H3;7H,4-6H2,1-3H3;7,9H,3-6H2,1-2H3/b6-5+;;/t13-,14+,15-;;/m1../s1. The quantitative estimate of drug-likeness (QED) is 0.347. The monoisotopic (exact) mass is 496 g/mol. The van der Waals surface area contributed by atoms with E-state index in [2.05, 4.69) is 81.0 Å². The molecule has 0 spiro atoms. The molecule has 5 aliphatic carbocycles. The number of rotatable bonds is 2. The van der Waals surface area contributed by atoms with Crippen LogP contribution in [-0.2, 0) is 4.79 Å². The second-order valence-electron chi connectivity index (χ2n) is 15.1. The smallest absolute Gasteiger partial charge is 0.139 e. The molecule has 206 valence electrons. The highest BCUT2D eigenvalue weighted by molar-refractivity contribution is 5.89. The highest BCUT2D eigenvalue weighted by atomic mass is 16.1. The van der Waals surface area contributed by atoms with Crippen LogP contribution in [0, 0.1) is 57.7 Å². The van der Waals surface area contributed by atoms with E-state index in [1.165, 1.54) is 63.4 Å². The van der Waals surface area contributed by atoms with Gasteiger partial charge in [-0.3, -0.25) is 4.79 Å². The van der Waals surface area contributed by atoms with Crippen LogP contribution < -0.4 is 0 Å². The molecule has 0 heterocycles. The molecule has 0 aromatic carbocycles. The van der Waals surface area contributed by atoms with E-state index in [9.17, 15) is 4.79 Å². The van der Waals surface area contributed by atoms with Crippen LogP contribution in [0.1, 0.15) is 133 Å². The van der Waals surface area contributed by atoms with Crippen molar-refractivity contribution in [2.24, 2.45) is 57.7 Å². The van der Waals surface area contributed by atoms with E-state index in [1.807, 2.05) is 0 Å². The maximum atomic E-state index is 11.6. The van der Waals surface area contributed by atoms with Gasteiger partial charge < -0.3 is 0 Å². The Morgan fingerprint density at radius 3 is 2.00 bits per heavy atom. The van der Waals surface area contributed by atoms with Gasteiger partial charge >= 0.3 is 0 Å². The van der Waals surface area contributed by atoms with Crippen molar-refractivity contribution in [3.8, 4) is 0 Å². The van der Waals surface area contributed by atoms with E-state index in [0.717, 1.165) is 53.8 Å². The molecular weight excluding hydrogens is 436 g/mol. The van der Waals surface area contributed by atoms with E-state index in [1.54, 1.807) is 0 Å². The summed E-state index contributed by atoms with van der Waals surface area (Å²) in [6, 6.07) is 0. The number of carbonyl (C=O) groups excluding carboxylic acids is 1. The summed E-state index contributed by atoms with van der Waals surface area (Å²) in [6.45, 7) is 25.0. The zero-order valence-electron chi connectivity index (χ0n) is 25.6. The third-order valence-corrected chi connectivity index (χ3v) is 12.1. The average molecular weight is 497 g/mol. The molecule has 0 aromatic rings. The Bertz CT molecular complexity index is 799. The first-order chi connectivity index (χ1) is 16.7. The van der Waals surface area contributed by atoms with Crippen LogP contribution in [-0.4, -0.2) is 5.78 Å². The van der Waals surface area contributed by atoms with Gasteiger partial charge in [0.15, 0.2) is 0 Å². The molecule has 4 fully saturated rings. The molecule has 4 saturated carbocycles. The summed E-state index contributed by atoms with van der Waals surface area (Å²) >= 11 is 0. The van der Waals surface area contributed by atoms with Crippen LogP contribution in [0.3, 0.4) is 0 Å². The first kappa shape index (κ1) is 29.7. The van der Waals surface area contributed by atoms with Crippen molar-refractivity contribution < 1.29 is 4.79 Å². The Balaban J connectivity index is 0.000000154. The van der Waals surface area contributed by atoms with E-state index >= 15 is 0 Å². The maximum absolute atomic E-state index is 11.6. The van der Waals surface area contributed by atoms with Crippen LogP contribution in [0.25, 0.3) is 0 Å². The molecule has 0 aromatic heterocycles. The number of allylic oxidation sites excluding steroid dienone is 3. The lowest BCUT2D eigenvalue weighted by atomic mass is 9.70. The number of hydrogen-bond donors (Lipinski definition) is 0. The van der Waals surface area contributed by atoms with Crippen LogP contribution in [0.15, 0.2) is 24.3 Å². The normalized spacial score (nSPS) is 41.8. The predicted molar refractivity (Wildman–Crippen MR) is 157 cm³/mol. The molecule has 5 rings (SSSR count). The Labute approximate surface area is 225 Å². The minimum absolute atomic E-state index is 0.0255. The van der Waals surface area contributed by atoms with Gasteiger partial charge in [0.05, 0.1) is 0 Å². The molecule has 0 N–H and O–H groups in total. The van der Waals surface area contributed by atoms with Gasteiger partial charge in [-0.05, 0) is 110 Å². The summed E-state index contributed by atoms with van der Waals surface area (Å²) in [6.07, 6.45) is 19.2. The van der Waals surface area contributed by atoms with E-state index < -0.39 is 0 Å². The zero-order valence-corrected chi connectivity index (χ0v) is 25.6. The van der Waals surface area contributed by atoms with Gasteiger partial charge in [-0.25, -0.2) is 0 Å². The maximum Gasteiger partial charge on any atom is 0.139 e. The lowest BCUT2D eigenvalue weighted by molar-refractivity contribution is -0.128. The molecule has 4 unspecified atom stereocenters. The van der Waals surface area contributed by atoms with E-state index in [0.29, 0.717) is 11.7 Å². The van der Waals surface area contributed by atoms with Gasteiger partial charge in [-0.2, -0.15) is 0 Å². The van der Waals surface area contributed by atoms with Crippen molar-refractivity contribution >= 4 is 5.78 Å². The summed E-state index contributed by atoms with van der Waals surface area (Å²) in [5.41, 5.74) is 2.58. The summed E-state index contributed by atoms with van der Waals surface area (Å²) < 4.78 is 0. The van der Waals surface area contributed by atoms with Crippen LogP contribution in [0.2, 0.25) is 0 Å². The van der Waals surface area contributed by atoms with Crippen molar-refractivity contribution in [2.45, 2.75) is 133 Å². The van der Waals surface area contributed by atoms with Crippen molar-refractivity contribution in [1.29, 1.82) is 0 Å². The second-order valence-corrected chi connectivity index (χ2v) is 15.1. The molecule has 0 saturated heterocycles. The fourth-order valence-corrected chi connectivity index (χ4v) is 8.09. The third-order valence-electron chi connectivity index (χ3n) is 12.1. The summed E-state index contributed by atoms with van der Waals surface area (Å²) in [7, 11) is 0. The molecule has 2 bridgehead atoms. The SMILES string of the molecule is C=C1CCC2(C(C)C)CC12.CC(C)[C@H]1CC[C@@H](C)C/C=C/[C@@H](C)CC1.CC12CCC(CC1=O)C2(C)C. The highest BCUT2D eigenvalue weighted by Gasteiger charge is 2.61. The molecule has 36 heavy (non-hydrogen) atoms. The average Bonchev–Trinajstić information content (AvgIpc) is 3.36. The van der Waals surface area contributed by atoms with Gasteiger partial charge in [-0.15, -0.1) is 0 Å². The van der Waals surface area contributed by atoms with Crippen molar-refractivity contribution in [3.63, 3.8) is 0 Å². The van der Waals surface area contributed by atoms with Gasteiger partial charge in [-0.1, -0.05) is 93.0 Å². The Morgan fingerprint density at radius 1 is 0.944 bits per heavy atom. The third kappa shape index (κ3) is 6.07. The Hall–Kier alpha value is -0.850. The molecule has 1 nitrogen and oxygen atoms in total. The fourth-order valence-electron chi connectivity index (χ4n) is 8.09. The molecule has 0 aliphatic heterocycles. The second kappa shape index (κ2) is 11.5. The highest BCUT2D eigenvalue weighted by Crippen LogP contribution is 2.69. The molecule has 0 amide bonds. The summed E-state index contributed by atoms with van der Waals surface area (Å²) in [5.74, 6) is 6.50. The van der Waals surface area contributed by atoms with Crippen molar-refractivity contribution in [2.75, 3.05) is 0 Å². The molecule has 5 aliphatic rings. The number of carbonyl (C=O) groups is 1. The lowest BCUT2D eigenvalue weighted by Crippen LogP contribution is -2.32. The molecule has 1 heteroatoms. The number of Topliss-reactive ketones (excluding diaryl/α,β-unsaturated/α-hetero) is 1. The summed E-state index contributed by atoms with van der Waals surface area (Å²) in [4.78, 5) is 11.6. The predicted octanol–water partition coefficient (Wildman–Crippen LogP) is 10.5. The van der Waals surface area contributed by atoms with Crippen molar-refractivity contribution in [1.82, 2.24) is 0 Å². The fraction of sp³-hybridized carbons (Fsp3) is 0.857. The Kier molecular flexibility index (Phi) is 9.48. The first-order valence-electron chi connectivity index (χ1n) is 15.6. The minimum atomic E-state index is 0.0255. The van der Waals surface area contributed by atoms with Gasteiger partial charge in [0.25, 0.3) is 0 Å². The van der Waals surface area contributed by atoms with Gasteiger partial charge in [0.1, 0.15) is 5.78 Å². The molecule has 7 atom stereocenters. The zero-order chi connectivity index (χ0) is 26.9. The van der Waals surface area contributed by atoms with Gasteiger partial charge in [0.2, 0.25) is 0 Å². The topological polar surface area (TPSA) is 17.1 Å². The van der Waals surface area contributed by atoms with Crippen molar-refractivity contribution in [3.05, 3.63) is 24.3 Å². The summed E-state index contributed by atoms with van der Waals surface area (Å²) in [5, 5.41) is 0. The van der Waals surface area contributed by atoms with Crippen LogP contribution in [0.5, 0.6) is 0 Å². The Morgan fingerprint density at radius 2 is 1.61 bits per heavy atom. The number of ketones is 1. The van der Waals surface area contributed by atoms with Gasteiger partial charge in [0, 0.05) is 11.8 Å². The van der Waals surface area contributed by atoms with Crippen LogP contribution >= 0.6 is 0 Å². The first-order valence-corrected chi connectivity index (χ1v) is 15.6. The van der Waals surface area contributed by atoms with Crippen LogP contribution in [0.4, 0.5) is 0 Å². The largest absolute Gasteiger partial charge is 0.299 e. The minimum Gasteiger partial charge on any atom is -0.299 e. The van der Waals surface area contributed by atoms with E-state index in [-0.39, 0.29) is 10.8 Å². The van der Waals surface area contributed by atoms with E-state index in [4.69, 9.17) is 0 Å².